The van der Waals surface area contributed by atoms with E-state index in [0.29, 0.717) is 0 Å². The minimum absolute atomic E-state index is 0.00305. The average Bonchev–Trinajstić information content (AvgIpc) is 3.44. The summed E-state index contributed by atoms with van der Waals surface area (Å²) in [5.41, 5.74) is 4.01. The summed E-state index contributed by atoms with van der Waals surface area (Å²) in [5, 5.41) is 5.24. The molecular formula is C33H51N7OS3. The van der Waals surface area contributed by atoms with Gasteiger partial charge in [-0.3, -0.25) is 9.80 Å². The number of carbonyl (C=O) groups is 1. The van der Waals surface area contributed by atoms with Crippen LogP contribution < -0.4 is 5.32 Å². The van der Waals surface area contributed by atoms with Gasteiger partial charge in [-0.05, 0) is 43.0 Å². The molecule has 0 radical (unpaired) electrons. The average molecular weight is 658 g/mol. The van der Waals surface area contributed by atoms with Crippen molar-refractivity contribution in [2.24, 2.45) is 0 Å². The molecule has 0 atom stereocenters. The molecule has 1 aliphatic rings. The lowest BCUT2D eigenvalue weighted by Crippen LogP contribution is -2.49. The molecule has 2 amide bonds. The number of anilines is 1. The highest BCUT2D eigenvalue weighted by Crippen LogP contribution is 2.35. The fourth-order valence-corrected chi connectivity index (χ4v) is 8.01. The summed E-state index contributed by atoms with van der Waals surface area (Å²) < 4.78 is 0. The van der Waals surface area contributed by atoms with Crippen LogP contribution in [0.2, 0.25) is 0 Å². The van der Waals surface area contributed by atoms with Crippen molar-refractivity contribution in [1.82, 2.24) is 29.7 Å². The van der Waals surface area contributed by atoms with Gasteiger partial charge in [-0.25, -0.2) is 14.8 Å². The molecular weight excluding hydrogens is 607 g/mol. The van der Waals surface area contributed by atoms with E-state index in [1.807, 2.05) is 24.0 Å². The van der Waals surface area contributed by atoms with Crippen LogP contribution in [0.4, 0.5) is 10.5 Å². The number of amides is 2. The van der Waals surface area contributed by atoms with Crippen molar-refractivity contribution in [2.75, 3.05) is 74.9 Å². The van der Waals surface area contributed by atoms with Crippen molar-refractivity contribution in [2.45, 2.75) is 74.9 Å². The van der Waals surface area contributed by atoms with Crippen molar-refractivity contribution < 1.29 is 4.79 Å². The molecule has 242 valence electrons. The predicted molar refractivity (Wildman–Crippen MR) is 191 cm³/mol. The number of fused-ring (bicyclic) bond motifs is 1. The maximum atomic E-state index is 13.8. The van der Waals surface area contributed by atoms with Crippen LogP contribution in [-0.2, 0) is 0 Å². The molecule has 3 heterocycles. The number of carbonyl (C=O) groups excluding carboxylic acids is 1. The molecule has 0 unspecified atom stereocenters. The number of thioether (sulfide) groups is 3. The number of aromatic amines is 1. The first kappa shape index (κ1) is 34.9. The first-order chi connectivity index (χ1) is 21.5. The second-order valence-corrected chi connectivity index (χ2v) is 14.9. The summed E-state index contributed by atoms with van der Waals surface area (Å²) in [6.07, 6.45) is 5.94. The molecule has 0 saturated carbocycles. The molecule has 11 heteroatoms. The molecule has 0 bridgehead atoms. The number of hydrogen-bond acceptors (Lipinski definition) is 8. The summed E-state index contributed by atoms with van der Waals surface area (Å²) in [6, 6.07) is 10.3. The highest BCUT2D eigenvalue weighted by atomic mass is 32.2. The van der Waals surface area contributed by atoms with Crippen molar-refractivity contribution in [3.63, 3.8) is 0 Å². The van der Waals surface area contributed by atoms with Gasteiger partial charge in [0.25, 0.3) is 0 Å². The Morgan fingerprint density at radius 2 is 1.64 bits per heavy atom. The van der Waals surface area contributed by atoms with Crippen molar-refractivity contribution in [3.8, 4) is 0 Å². The number of unbranched alkanes of at least 4 members (excludes halogenated alkanes) is 4. The number of aryl methyl sites for hydroxylation is 1. The van der Waals surface area contributed by atoms with Crippen molar-refractivity contribution in [3.05, 3.63) is 36.0 Å². The number of H-pyrrole nitrogens is 1. The standard InChI is InChI=1S/C33H51N7OS3/c1-5-8-9-10-13-16-40(33(41)37-30-29(42-6-2)25-26(4)34-31(30)43-7-3)22-21-38-17-19-39(20-18-38)23-24-44-32-35-27-14-11-12-15-28(27)36-32/h11-12,14-15,25H,5-10,13,16-24H2,1-4H3,(H,35,36)(H,37,41). The Bertz CT molecular complexity index is 1240. The number of urea groups is 1. The molecule has 1 aliphatic heterocycles. The summed E-state index contributed by atoms with van der Waals surface area (Å²) in [5.74, 6) is 2.89. The van der Waals surface area contributed by atoms with Crippen molar-refractivity contribution >= 4 is 58.0 Å². The number of para-hydroxylation sites is 2. The lowest BCUT2D eigenvalue weighted by Gasteiger charge is -2.35. The summed E-state index contributed by atoms with van der Waals surface area (Å²) >= 11 is 5.27. The number of benzene rings is 1. The second kappa shape index (κ2) is 18.9. The van der Waals surface area contributed by atoms with Crippen molar-refractivity contribution in [1.29, 1.82) is 0 Å². The van der Waals surface area contributed by atoms with E-state index in [9.17, 15) is 4.79 Å². The van der Waals surface area contributed by atoms with Gasteiger partial charge in [0.05, 0.1) is 16.7 Å². The zero-order valence-electron chi connectivity index (χ0n) is 27.1. The Morgan fingerprint density at radius 1 is 0.909 bits per heavy atom. The Balaban J connectivity index is 1.28. The summed E-state index contributed by atoms with van der Waals surface area (Å²) in [4.78, 5) is 34.9. The van der Waals surface area contributed by atoms with Gasteiger partial charge in [-0.2, -0.15) is 0 Å². The quantitative estimate of drug-likeness (QED) is 0.106. The monoisotopic (exact) mass is 657 g/mol. The third-order valence-corrected chi connectivity index (χ3v) is 10.5. The predicted octanol–water partition coefficient (Wildman–Crippen LogP) is 7.70. The second-order valence-electron chi connectivity index (χ2n) is 11.2. The number of nitrogens with zero attached hydrogens (tertiary/aromatic N) is 5. The number of aromatic nitrogens is 3. The highest BCUT2D eigenvalue weighted by molar-refractivity contribution is 8.00. The minimum Gasteiger partial charge on any atom is -0.333 e. The van der Waals surface area contributed by atoms with Gasteiger partial charge in [0.2, 0.25) is 0 Å². The van der Waals surface area contributed by atoms with E-state index in [4.69, 9.17) is 9.97 Å². The molecule has 4 rings (SSSR count). The summed E-state index contributed by atoms with van der Waals surface area (Å²) in [6.45, 7) is 16.3. The molecule has 1 saturated heterocycles. The van der Waals surface area contributed by atoms with Crippen LogP contribution in [0.25, 0.3) is 11.0 Å². The maximum absolute atomic E-state index is 13.8. The Morgan fingerprint density at radius 3 is 2.36 bits per heavy atom. The van der Waals surface area contributed by atoms with Crippen LogP contribution >= 0.6 is 35.3 Å². The molecule has 1 fully saturated rings. The van der Waals surface area contributed by atoms with E-state index in [1.165, 1.54) is 25.7 Å². The number of rotatable bonds is 18. The molecule has 1 aromatic carbocycles. The van der Waals surface area contributed by atoms with Gasteiger partial charge >= 0.3 is 6.03 Å². The normalized spacial score (nSPS) is 14.4. The van der Waals surface area contributed by atoms with Gasteiger partial charge in [0, 0.05) is 68.7 Å². The Hall–Kier alpha value is -1.92. The van der Waals surface area contributed by atoms with Gasteiger partial charge in [-0.15, -0.1) is 23.5 Å². The number of hydrogen-bond donors (Lipinski definition) is 2. The number of piperazine rings is 1. The first-order valence-corrected chi connectivity index (χ1v) is 19.3. The van der Waals surface area contributed by atoms with Gasteiger partial charge in [-0.1, -0.05) is 70.3 Å². The smallest absolute Gasteiger partial charge is 0.321 e. The number of nitrogens with one attached hydrogen (secondary N) is 2. The fraction of sp³-hybridized carbons (Fsp3) is 0.606. The maximum Gasteiger partial charge on any atom is 0.321 e. The fourth-order valence-electron chi connectivity index (χ4n) is 5.42. The molecule has 2 N–H and O–H groups in total. The van der Waals surface area contributed by atoms with Crippen LogP contribution in [0.1, 0.15) is 58.6 Å². The van der Waals surface area contributed by atoms with Crippen LogP contribution in [0.3, 0.4) is 0 Å². The third kappa shape index (κ3) is 10.9. The van der Waals surface area contributed by atoms with E-state index < -0.39 is 0 Å². The van der Waals surface area contributed by atoms with E-state index >= 15 is 0 Å². The molecule has 0 aliphatic carbocycles. The lowest BCUT2D eigenvalue weighted by atomic mass is 10.1. The van der Waals surface area contributed by atoms with Crippen LogP contribution in [0, 0.1) is 6.92 Å². The number of imidazole rings is 1. The minimum atomic E-state index is 0.00305. The largest absolute Gasteiger partial charge is 0.333 e. The molecule has 44 heavy (non-hydrogen) atoms. The summed E-state index contributed by atoms with van der Waals surface area (Å²) in [7, 11) is 0. The zero-order valence-corrected chi connectivity index (χ0v) is 29.5. The molecule has 0 spiro atoms. The SMILES string of the molecule is CCCCCCCN(CCN1CCN(CCSc2nc3ccccc3[nH]2)CC1)C(=O)Nc1c(SCC)cc(C)nc1SCC. The van der Waals surface area contributed by atoms with E-state index in [0.717, 1.165) is 114 Å². The Labute approximate surface area is 277 Å². The lowest BCUT2D eigenvalue weighted by molar-refractivity contribution is 0.127. The van der Waals surface area contributed by atoms with Crippen LogP contribution in [-0.4, -0.2) is 105 Å². The molecule has 3 aromatic rings. The van der Waals surface area contributed by atoms with E-state index in [1.54, 1.807) is 35.3 Å². The number of pyridine rings is 1. The van der Waals surface area contributed by atoms with Gasteiger partial charge in [0.15, 0.2) is 5.16 Å². The zero-order chi connectivity index (χ0) is 31.1. The van der Waals surface area contributed by atoms with E-state index in [2.05, 4.69) is 59.1 Å². The highest BCUT2D eigenvalue weighted by Gasteiger charge is 2.22. The topological polar surface area (TPSA) is 80.4 Å². The van der Waals surface area contributed by atoms with E-state index in [-0.39, 0.29) is 6.03 Å². The Kier molecular flexibility index (Phi) is 15.0. The third-order valence-electron chi connectivity index (χ3n) is 7.87. The molecule has 2 aromatic heterocycles. The van der Waals surface area contributed by atoms with Gasteiger partial charge < -0.3 is 15.2 Å². The van der Waals surface area contributed by atoms with Crippen LogP contribution in [0.15, 0.2) is 45.4 Å². The first-order valence-electron chi connectivity index (χ1n) is 16.4. The van der Waals surface area contributed by atoms with Crippen LogP contribution in [0.5, 0.6) is 0 Å². The molecule has 8 nitrogen and oxygen atoms in total. The van der Waals surface area contributed by atoms with Gasteiger partial charge in [0.1, 0.15) is 5.03 Å².